The summed E-state index contributed by atoms with van der Waals surface area (Å²) in [6, 6.07) is 1.64. The maximum absolute atomic E-state index is 11.4. The van der Waals surface area contributed by atoms with Crippen molar-refractivity contribution in [3.8, 4) is 0 Å². The zero-order valence-corrected chi connectivity index (χ0v) is 9.97. The van der Waals surface area contributed by atoms with Gasteiger partial charge in [-0.15, -0.1) is 0 Å². The third-order valence-electron chi connectivity index (χ3n) is 2.71. The van der Waals surface area contributed by atoms with Crippen molar-refractivity contribution in [1.29, 1.82) is 0 Å². The van der Waals surface area contributed by atoms with Gasteiger partial charge in [-0.1, -0.05) is 30.3 Å². The summed E-state index contributed by atoms with van der Waals surface area (Å²) in [5.74, 6) is 0.579. The normalized spacial score (nSPS) is 18.9. The van der Waals surface area contributed by atoms with Gasteiger partial charge in [0, 0.05) is 11.6 Å². The van der Waals surface area contributed by atoms with Crippen LogP contribution in [0.2, 0.25) is 0 Å². The summed E-state index contributed by atoms with van der Waals surface area (Å²) in [6.07, 6.45) is 7.06. The molecule has 0 aromatic carbocycles. The second-order valence-electron chi connectivity index (χ2n) is 3.98. The zero-order valence-electron chi connectivity index (χ0n) is 9.97. The predicted molar refractivity (Wildman–Crippen MR) is 63.4 cm³/mol. The standard InChI is InChI=1S/C13H15NO3/c1-3-16-13(15)11-8-12(17-14-11)10-7-5-4-6-9(10)2/h4-5,7-9H,3,6H2,1-2H3. The van der Waals surface area contributed by atoms with Crippen molar-refractivity contribution in [3.05, 3.63) is 35.7 Å². The molecule has 1 atom stereocenters. The summed E-state index contributed by atoms with van der Waals surface area (Å²) < 4.78 is 10.0. The highest BCUT2D eigenvalue weighted by Gasteiger charge is 2.19. The molecule has 1 aromatic heterocycles. The second-order valence-corrected chi connectivity index (χ2v) is 3.98. The third-order valence-corrected chi connectivity index (χ3v) is 2.71. The van der Waals surface area contributed by atoms with E-state index in [0.29, 0.717) is 18.3 Å². The molecule has 0 aliphatic heterocycles. The third kappa shape index (κ3) is 2.46. The molecular weight excluding hydrogens is 218 g/mol. The van der Waals surface area contributed by atoms with Crippen LogP contribution < -0.4 is 0 Å². The molecule has 17 heavy (non-hydrogen) atoms. The highest BCUT2D eigenvalue weighted by molar-refractivity contribution is 5.88. The second kappa shape index (κ2) is 4.99. The van der Waals surface area contributed by atoms with Gasteiger partial charge in [0.15, 0.2) is 11.5 Å². The van der Waals surface area contributed by atoms with Crippen LogP contribution in [0, 0.1) is 5.92 Å². The number of nitrogens with zero attached hydrogens (tertiary/aromatic N) is 1. The van der Waals surface area contributed by atoms with E-state index in [1.54, 1.807) is 13.0 Å². The van der Waals surface area contributed by atoms with Gasteiger partial charge >= 0.3 is 5.97 Å². The molecule has 1 heterocycles. The van der Waals surface area contributed by atoms with E-state index in [1.165, 1.54) is 0 Å². The van der Waals surface area contributed by atoms with Crippen molar-refractivity contribution >= 4 is 11.5 Å². The summed E-state index contributed by atoms with van der Waals surface area (Å²) >= 11 is 0. The smallest absolute Gasteiger partial charge is 0.360 e. The number of allylic oxidation sites excluding steroid dienone is 4. The minimum absolute atomic E-state index is 0.226. The number of esters is 1. The van der Waals surface area contributed by atoms with E-state index >= 15 is 0 Å². The fraction of sp³-hybridized carbons (Fsp3) is 0.385. The Hall–Kier alpha value is -1.84. The lowest BCUT2D eigenvalue weighted by Gasteiger charge is -2.13. The number of carbonyl (C=O) groups is 1. The largest absolute Gasteiger partial charge is 0.461 e. The van der Waals surface area contributed by atoms with Crippen LogP contribution in [0.1, 0.15) is 36.5 Å². The molecule has 1 aliphatic carbocycles. The Balaban J connectivity index is 2.21. The summed E-state index contributed by atoms with van der Waals surface area (Å²) in [7, 11) is 0. The molecule has 0 amide bonds. The average Bonchev–Trinajstić information content (AvgIpc) is 2.79. The van der Waals surface area contributed by atoms with Crippen molar-refractivity contribution in [3.63, 3.8) is 0 Å². The molecule has 0 fully saturated rings. The van der Waals surface area contributed by atoms with E-state index in [4.69, 9.17) is 9.26 Å². The van der Waals surface area contributed by atoms with Gasteiger partial charge in [-0.2, -0.15) is 0 Å². The summed E-state index contributed by atoms with van der Waals surface area (Å²) in [6.45, 7) is 4.21. The summed E-state index contributed by atoms with van der Waals surface area (Å²) in [4.78, 5) is 11.4. The molecule has 1 aliphatic rings. The summed E-state index contributed by atoms with van der Waals surface area (Å²) in [5.41, 5.74) is 1.29. The first kappa shape index (κ1) is 11.6. The highest BCUT2D eigenvalue weighted by Crippen LogP contribution is 2.29. The van der Waals surface area contributed by atoms with Crippen LogP contribution in [-0.2, 0) is 4.74 Å². The number of rotatable bonds is 3. The molecule has 0 N–H and O–H groups in total. The van der Waals surface area contributed by atoms with Crippen molar-refractivity contribution in [2.75, 3.05) is 6.61 Å². The number of hydrogen-bond acceptors (Lipinski definition) is 4. The molecule has 4 nitrogen and oxygen atoms in total. The Morgan fingerprint density at radius 3 is 3.18 bits per heavy atom. The predicted octanol–water partition coefficient (Wildman–Crippen LogP) is 2.83. The first-order chi connectivity index (χ1) is 8.22. The maximum atomic E-state index is 11.4. The highest BCUT2D eigenvalue weighted by atomic mass is 16.5. The number of carbonyl (C=O) groups excluding carboxylic acids is 1. The molecule has 2 rings (SSSR count). The van der Waals surface area contributed by atoms with Crippen LogP contribution in [0.5, 0.6) is 0 Å². The van der Waals surface area contributed by atoms with Crippen LogP contribution in [0.4, 0.5) is 0 Å². The van der Waals surface area contributed by atoms with Gasteiger partial charge in [0.1, 0.15) is 0 Å². The molecule has 0 saturated heterocycles. The first-order valence-electron chi connectivity index (χ1n) is 5.73. The molecule has 0 saturated carbocycles. The van der Waals surface area contributed by atoms with Crippen molar-refractivity contribution in [2.24, 2.45) is 5.92 Å². The van der Waals surface area contributed by atoms with Crippen molar-refractivity contribution in [2.45, 2.75) is 20.3 Å². The molecular formula is C13H15NO3. The molecule has 1 aromatic rings. The average molecular weight is 233 g/mol. The number of hydrogen-bond donors (Lipinski definition) is 0. The van der Waals surface area contributed by atoms with Crippen LogP contribution in [0.25, 0.3) is 5.57 Å². The van der Waals surface area contributed by atoms with Crippen LogP contribution in [0.15, 0.2) is 28.8 Å². The van der Waals surface area contributed by atoms with E-state index in [-0.39, 0.29) is 5.69 Å². The van der Waals surface area contributed by atoms with Crippen LogP contribution >= 0.6 is 0 Å². The van der Waals surface area contributed by atoms with E-state index in [0.717, 1.165) is 12.0 Å². The Morgan fingerprint density at radius 2 is 2.47 bits per heavy atom. The Labute approximate surface area is 99.9 Å². The molecule has 1 unspecified atom stereocenters. The van der Waals surface area contributed by atoms with E-state index in [9.17, 15) is 4.79 Å². The SMILES string of the molecule is CCOC(=O)c1cc(C2=CC=CCC2C)on1. The van der Waals surface area contributed by atoms with Gasteiger partial charge in [0.2, 0.25) is 0 Å². The quantitative estimate of drug-likeness (QED) is 0.753. The van der Waals surface area contributed by atoms with Gasteiger partial charge in [0.25, 0.3) is 0 Å². The van der Waals surface area contributed by atoms with Crippen molar-refractivity contribution < 1.29 is 14.1 Å². The topological polar surface area (TPSA) is 52.3 Å². The number of aromatic nitrogens is 1. The van der Waals surface area contributed by atoms with Gasteiger partial charge in [-0.3, -0.25) is 0 Å². The maximum Gasteiger partial charge on any atom is 0.360 e. The molecule has 0 spiro atoms. The van der Waals surface area contributed by atoms with E-state index in [2.05, 4.69) is 18.2 Å². The Morgan fingerprint density at radius 1 is 1.65 bits per heavy atom. The lowest BCUT2D eigenvalue weighted by atomic mass is 9.91. The van der Waals surface area contributed by atoms with Gasteiger partial charge in [-0.05, 0) is 19.3 Å². The van der Waals surface area contributed by atoms with Crippen LogP contribution in [-0.4, -0.2) is 17.7 Å². The van der Waals surface area contributed by atoms with Gasteiger partial charge in [0.05, 0.1) is 6.61 Å². The first-order valence-corrected chi connectivity index (χ1v) is 5.73. The fourth-order valence-electron chi connectivity index (χ4n) is 1.78. The Kier molecular flexibility index (Phi) is 3.42. The lowest BCUT2D eigenvalue weighted by Crippen LogP contribution is -2.04. The zero-order chi connectivity index (χ0) is 12.3. The minimum atomic E-state index is -0.442. The van der Waals surface area contributed by atoms with Crippen LogP contribution in [0.3, 0.4) is 0 Å². The minimum Gasteiger partial charge on any atom is -0.461 e. The number of ether oxygens (including phenoxy) is 1. The molecule has 90 valence electrons. The molecule has 0 radical (unpaired) electrons. The van der Waals surface area contributed by atoms with E-state index < -0.39 is 5.97 Å². The Bertz CT molecular complexity index is 471. The van der Waals surface area contributed by atoms with E-state index in [1.807, 2.05) is 12.2 Å². The monoisotopic (exact) mass is 233 g/mol. The molecule has 0 bridgehead atoms. The van der Waals surface area contributed by atoms with Crippen molar-refractivity contribution in [1.82, 2.24) is 5.16 Å². The lowest BCUT2D eigenvalue weighted by molar-refractivity contribution is 0.0514. The van der Waals surface area contributed by atoms with Gasteiger partial charge < -0.3 is 9.26 Å². The summed E-state index contributed by atoms with van der Waals surface area (Å²) in [5, 5.41) is 3.73. The molecule has 4 heteroatoms. The fourth-order valence-corrected chi connectivity index (χ4v) is 1.78. The van der Waals surface area contributed by atoms with Gasteiger partial charge in [-0.25, -0.2) is 4.79 Å².